The molecule has 0 unspecified atom stereocenters. The SMILES string of the molecule is O=C(CN1C(=O)COc2ccc(NC(=O)c3cc([N+](=O)[O-])cc([N+](=O)[O-])c3)cc21)Nc1ccccc1. The van der Waals surface area contributed by atoms with E-state index in [0.29, 0.717) is 11.4 Å². The molecule has 1 aliphatic heterocycles. The molecule has 3 aromatic rings. The second kappa shape index (κ2) is 9.89. The van der Waals surface area contributed by atoms with E-state index in [9.17, 15) is 34.6 Å². The number of fused-ring (bicyclic) bond motifs is 1. The highest BCUT2D eigenvalue weighted by Gasteiger charge is 2.28. The number of amides is 3. The van der Waals surface area contributed by atoms with Crippen molar-refractivity contribution < 1.29 is 29.0 Å². The maximum absolute atomic E-state index is 12.7. The van der Waals surface area contributed by atoms with Gasteiger partial charge in [-0.25, -0.2) is 0 Å². The third-order valence-electron chi connectivity index (χ3n) is 5.11. The first-order valence-corrected chi connectivity index (χ1v) is 10.4. The molecule has 0 saturated carbocycles. The minimum Gasteiger partial charge on any atom is -0.482 e. The minimum atomic E-state index is -0.849. The van der Waals surface area contributed by atoms with Gasteiger partial charge in [-0.05, 0) is 30.3 Å². The van der Waals surface area contributed by atoms with E-state index in [-0.39, 0.29) is 30.1 Å². The van der Waals surface area contributed by atoms with Crippen molar-refractivity contribution in [3.05, 3.63) is 92.5 Å². The largest absolute Gasteiger partial charge is 0.482 e. The summed E-state index contributed by atoms with van der Waals surface area (Å²) in [6.07, 6.45) is 0. The molecule has 0 atom stereocenters. The van der Waals surface area contributed by atoms with Crippen LogP contribution >= 0.6 is 0 Å². The number of carbonyl (C=O) groups excluding carboxylic acids is 3. The highest BCUT2D eigenvalue weighted by atomic mass is 16.6. The molecule has 0 bridgehead atoms. The van der Waals surface area contributed by atoms with Crippen molar-refractivity contribution in [2.75, 3.05) is 28.7 Å². The van der Waals surface area contributed by atoms with Crippen LogP contribution in [0.1, 0.15) is 10.4 Å². The van der Waals surface area contributed by atoms with Crippen LogP contribution in [0.3, 0.4) is 0 Å². The average Bonchev–Trinajstić information content (AvgIpc) is 2.86. The van der Waals surface area contributed by atoms with E-state index in [2.05, 4.69) is 10.6 Å². The second-order valence-electron chi connectivity index (χ2n) is 7.57. The van der Waals surface area contributed by atoms with Gasteiger partial charge in [0.25, 0.3) is 23.2 Å². The highest BCUT2D eigenvalue weighted by Crippen LogP contribution is 2.35. The summed E-state index contributed by atoms with van der Waals surface area (Å²) in [7, 11) is 0. The molecule has 182 valence electrons. The average molecular weight is 491 g/mol. The van der Waals surface area contributed by atoms with Gasteiger partial charge in [-0.1, -0.05) is 18.2 Å². The molecular formula is C23H17N5O8. The Morgan fingerprint density at radius 2 is 1.56 bits per heavy atom. The molecule has 13 heteroatoms. The van der Waals surface area contributed by atoms with Crippen LogP contribution in [0.25, 0.3) is 0 Å². The summed E-state index contributed by atoms with van der Waals surface area (Å²) in [6.45, 7) is -0.604. The van der Waals surface area contributed by atoms with E-state index < -0.39 is 38.9 Å². The van der Waals surface area contributed by atoms with Crippen LogP contribution in [0.2, 0.25) is 0 Å². The number of hydrogen-bond donors (Lipinski definition) is 2. The second-order valence-corrected chi connectivity index (χ2v) is 7.57. The van der Waals surface area contributed by atoms with Crippen molar-refractivity contribution in [3.8, 4) is 5.75 Å². The quantitative estimate of drug-likeness (QED) is 0.374. The van der Waals surface area contributed by atoms with E-state index in [1.54, 1.807) is 30.3 Å². The molecule has 2 N–H and O–H groups in total. The number of hydrogen-bond acceptors (Lipinski definition) is 8. The van der Waals surface area contributed by atoms with Crippen LogP contribution in [-0.2, 0) is 9.59 Å². The number of ether oxygens (including phenoxy) is 1. The Hall–Kier alpha value is -5.33. The lowest BCUT2D eigenvalue weighted by molar-refractivity contribution is -0.394. The summed E-state index contributed by atoms with van der Waals surface area (Å²) in [6, 6.07) is 15.6. The maximum atomic E-state index is 12.7. The number of nitro benzene ring substituents is 2. The van der Waals surface area contributed by atoms with E-state index in [4.69, 9.17) is 4.74 Å². The number of para-hydroxylation sites is 1. The number of non-ortho nitro benzene ring substituents is 2. The number of nitrogens with one attached hydrogen (secondary N) is 2. The first-order valence-electron chi connectivity index (χ1n) is 10.4. The van der Waals surface area contributed by atoms with Gasteiger partial charge in [0.15, 0.2) is 6.61 Å². The number of carbonyl (C=O) groups is 3. The van der Waals surface area contributed by atoms with Crippen LogP contribution in [0.5, 0.6) is 5.75 Å². The summed E-state index contributed by atoms with van der Waals surface area (Å²) in [5.74, 6) is -1.49. The first kappa shape index (κ1) is 23.8. The van der Waals surface area contributed by atoms with E-state index in [0.717, 1.165) is 18.2 Å². The van der Waals surface area contributed by atoms with Gasteiger partial charge in [0.05, 0.1) is 27.2 Å². The Balaban J connectivity index is 1.57. The van der Waals surface area contributed by atoms with Crippen LogP contribution < -0.4 is 20.3 Å². The number of anilines is 3. The predicted molar refractivity (Wildman–Crippen MR) is 127 cm³/mol. The molecule has 3 aromatic carbocycles. The van der Waals surface area contributed by atoms with Crippen LogP contribution in [-0.4, -0.2) is 40.7 Å². The van der Waals surface area contributed by atoms with Crippen LogP contribution in [0, 0.1) is 20.2 Å². The summed E-state index contributed by atoms with van der Waals surface area (Å²) >= 11 is 0. The van der Waals surface area contributed by atoms with Crippen molar-refractivity contribution in [2.24, 2.45) is 0 Å². The lowest BCUT2D eigenvalue weighted by Gasteiger charge is -2.29. The number of nitro groups is 2. The van der Waals surface area contributed by atoms with Gasteiger partial charge in [0.1, 0.15) is 12.3 Å². The smallest absolute Gasteiger partial charge is 0.277 e. The Morgan fingerprint density at radius 1 is 0.889 bits per heavy atom. The molecule has 3 amide bonds. The maximum Gasteiger partial charge on any atom is 0.277 e. The fourth-order valence-corrected chi connectivity index (χ4v) is 3.46. The van der Waals surface area contributed by atoms with E-state index in [1.165, 1.54) is 23.1 Å². The van der Waals surface area contributed by atoms with Gasteiger partial charge < -0.3 is 15.4 Å². The minimum absolute atomic E-state index is 0.166. The zero-order chi connectivity index (χ0) is 25.8. The third-order valence-corrected chi connectivity index (χ3v) is 5.11. The molecule has 36 heavy (non-hydrogen) atoms. The van der Waals surface area contributed by atoms with E-state index >= 15 is 0 Å². The zero-order valence-corrected chi connectivity index (χ0v) is 18.4. The van der Waals surface area contributed by atoms with Gasteiger partial charge in [0.2, 0.25) is 5.91 Å². The van der Waals surface area contributed by atoms with Crippen molar-refractivity contribution in [3.63, 3.8) is 0 Å². The molecule has 13 nitrogen and oxygen atoms in total. The summed E-state index contributed by atoms with van der Waals surface area (Å²) in [5.41, 5.74) is -0.601. The van der Waals surface area contributed by atoms with Crippen molar-refractivity contribution in [1.29, 1.82) is 0 Å². The lowest BCUT2D eigenvalue weighted by atomic mass is 10.1. The van der Waals surface area contributed by atoms with Crippen molar-refractivity contribution in [2.45, 2.75) is 0 Å². The van der Waals surface area contributed by atoms with E-state index in [1.807, 2.05) is 0 Å². The summed E-state index contributed by atoms with van der Waals surface area (Å²) in [4.78, 5) is 59.5. The normalized spacial score (nSPS) is 12.2. The Kier molecular flexibility index (Phi) is 6.54. The summed E-state index contributed by atoms with van der Waals surface area (Å²) in [5, 5.41) is 27.4. The molecule has 1 heterocycles. The Labute approximate surface area is 202 Å². The molecular weight excluding hydrogens is 474 g/mol. The monoisotopic (exact) mass is 491 g/mol. The molecule has 1 aliphatic rings. The Bertz CT molecular complexity index is 1360. The van der Waals surface area contributed by atoms with Crippen LogP contribution in [0.4, 0.5) is 28.4 Å². The topological polar surface area (TPSA) is 174 Å². The van der Waals surface area contributed by atoms with Gasteiger partial charge in [-0.15, -0.1) is 0 Å². The molecule has 0 saturated heterocycles. The molecule has 0 aromatic heterocycles. The number of nitrogens with zero attached hydrogens (tertiary/aromatic N) is 3. The lowest BCUT2D eigenvalue weighted by Crippen LogP contribution is -2.43. The standard InChI is InChI=1S/C23H17N5O8/c29-21(24-15-4-2-1-3-5-15)12-26-19-10-16(6-7-20(19)36-13-22(26)30)25-23(31)14-8-17(27(32)33)11-18(9-14)28(34)35/h1-11H,12-13H2,(H,24,29)(H,25,31). The fourth-order valence-electron chi connectivity index (χ4n) is 3.46. The number of benzene rings is 3. The Morgan fingerprint density at radius 3 is 2.19 bits per heavy atom. The van der Waals surface area contributed by atoms with Crippen molar-refractivity contribution in [1.82, 2.24) is 0 Å². The van der Waals surface area contributed by atoms with Gasteiger partial charge in [-0.3, -0.25) is 39.5 Å². The zero-order valence-electron chi connectivity index (χ0n) is 18.4. The van der Waals surface area contributed by atoms with Gasteiger partial charge in [0, 0.05) is 23.5 Å². The molecule has 4 rings (SSSR count). The molecule has 0 radical (unpaired) electrons. The fraction of sp³-hybridized carbons (Fsp3) is 0.0870. The molecule has 0 aliphatic carbocycles. The first-order chi connectivity index (χ1) is 17.2. The van der Waals surface area contributed by atoms with Crippen molar-refractivity contribution >= 4 is 46.2 Å². The third kappa shape index (κ3) is 5.25. The van der Waals surface area contributed by atoms with Gasteiger partial charge >= 0.3 is 0 Å². The predicted octanol–water partition coefficient (Wildman–Crippen LogP) is 3.12. The molecule has 0 spiro atoms. The summed E-state index contributed by atoms with van der Waals surface area (Å²) < 4.78 is 5.41. The molecule has 0 fully saturated rings. The number of rotatable bonds is 7. The van der Waals surface area contributed by atoms with Crippen LogP contribution in [0.15, 0.2) is 66.7 Å². The van der Waals surface area contributed by atoms with Gasteiger partial charge in [-0.2, -0.15) is 0 Å². The highest BCUT2D eigenvalue weighted by molar-refractivity contribution is 6.07.